The minimum atomic E-state index is -3.68. The highest BCUT2D eigenvalue weighted by molar-refractivity contribution is 7.92. The van der Waals surface area contributed by atoms with Crippen LogP contribution in [0.5, 0.6) is 0 Å². The van der Waals surface area contributed by atoms with Crippen LogP contribution in [0.1, 0.15) is 25.8 Å². The number of carbonyl (C=O) groups is 1. The molecule has 0 radical (unpaired) electrons. The van der Waals surface area contributed by atoms with Gasteiger partial charge in [-0.1, -0.05) is 6.92 Å². The number of benzene rings is 1. The summed E-state index contributed by atoms with van der Waals surface area (Å²) in [7, 11) is -3.68. The van der Waals surface area contributed by atoms with Crippen LogP contribution in [0, 0.1) is 6.92 Å². The molecule has 0 aliphatic rings. The molecule has 19 heavy (non-hydrogen) atoms. The number of aryl methyl sites for hydroxylation is 1. The average Bonchev–Trinajstić information content (AvgIpc) is 2.34. The Balaban J connectivity index is 3.06. The van der Waals surface area contributed by atoms with Crippen LogP contribution in [-0.2, 0) is 14.6 Å². The van der Waals surface area contributed by atoms with E-state index in [-0.39, 0.29) is 4.90 Å². The molecule has 0 aromatic heterocycles. The first-order valence-corrected chi connectivity index (χ1v) is 7.73. The Hall–Kier alpha value is -1.56. The number of nitrogens with one attached hydrogen (secondary N) is 1. The Kier molecular flexibility index (Phi) is 4.94. The van der Waals surface area contributed by atoms with Crippen molar-refractivity contribution < 1.29 is 13.2 Å². The third-order valence-corrected chi connectivity index (χ3v) is 5.11. The fourth-order valence-corrected chi connectivity index (χ4v) is 3.23. The maximum absolute atomic E-state index is 12.4. The van der Waals surface area contributed by atoms with Crippen LogP contribution in [0.3, 0.4) is 0 Å². The molecule has 6 heteroatoms. The maximum atomic E-state index is 12.4. The highest BCUT2D eigenvalue weighted by atomic mass is 32.2. The van der Waals surface area contributed by atoms with Gasteiger partial charge in [0.1, 0.15) is 5.25 Å². The van der Waals surface area contributed by atoms with Gasteiger partial charge >= 0.3 is 0 Å². The largest absolute Gasteiger partial charge is 0.399 e. The van der Waals surface area contributed by atoms with Crippen molar-refractivity contribution in [3.8, 4) is 0 Å². The average molecular weight is 284 g/mol. The van der Waals surface area contributed by atoms with E-state index in [1.807, 2.05) is 6.92 Å². The summed E-state index contributed by atoms with van der Waals surface area (Å²) in [5.74, 6) is -0.474. The number of anilines is 1. The van der Waals surface area contributed by atoms with Gasteiger partial charge in [0, 0.05) is 12.2 Å². The van der Waals surface area contributed by atoms with Gasteiger partial charge in [-0.25, -0.2) is 8.42 Å². The molecule has 1 unspecified atom stereocenters. The van der Waals surface area contributed by atoms with Crippen LogP contribution in [0.25, 0.3) is 0 Å². The van der Waals surface area contributed by atoms with E-state index < -0.39 is 21.0 Å². The van der Waals surface area contributed by atoms with E-state index in [4.69, 9.17) is 5.73 Å². The van der Waals surface area contributed by atoms with Gasteiger partial charge in [0.15, 0.2) is 9.84 Å². The fraction of sp³-hybridized carbons (Fsp3) is 0.462. The molecule has 1 aromatic rings. The van der Waals surface area contributed by atoms with E-state index in [0.29, 0.717) is 17.8 Å². The summed E-state index contributed by atoms with van der Waals surface area (Å²) >= 11 is 0. The van der Waals surface area contributed by atoms with Crippen molar-refractivity contribution in [2.24, 2.45) is 0 Å². The lowest BCUT2D eigenvalue weighted by Crippen LogP contribution is -2.38. The molecular formula is C13H20N2O3S. The van der Waals surface area contributed by atoms with Gasteiger partial charge in [0.2, 0.25) is 5.91 Å². The first kappa shape index (κ1) is 15.5. The lowest BCUT2D eigenvalue weighted by atomic mass is 10.2. The van der Waals surface area contributed by atoms with Gasteiger partial charge < -0.3 is 11.1 Å². The van der Waals surface area contributed by atoms with E-state index in [1.54, 1.807) is 13.0 Å². The molecule has 1 aromatic carbocycles. The van der Waals surface area contributed by atoms with Gasteiger partial charge in [-0.05, 0) is 44.0 Å². The predicted octanol–water partition coefficient (Wildman–Crippen LogP) is 1.27. The summed E-state index contributed by atoms with van der Waals surface area (Å²) < 4.78 is 24.7. The van der Waals surface area contributed by atoms with Gasteiger partial charge in [-0.2, -0.15) is 0 Å². The quantitative estimate of drug-likeness (QED) is 0.797. The minimum Gasteiger partial charge on any atom is -0.399 e. The second-order valence-corrected chi connectivity index (χ2v) is 6.74. The summed E-state index contributed by atoms with van der Waals surface area (Å²) in [5.41, 5.74) is 6.65. The molecule has 1 atom stereocenters. The summed E-state index contributed by atoms with van der Waals surface area (Å²) in [6, 6.07) is 4.56. The molecule has 0 spiro atoms. The number of carbonyl (C=O) groups excluding carboxylic acids is 1. The van der Waals surface area contributed by atoms with Crippen molar-refractivity contribution in [1.29, 1.82) is 0 Å². The first-order valence-electron chi connectivity index (χ1n) is 6.18. The molecule has 0 heterocycles. The fourth-order valence-electron chi connectivity index (χ4n) is 1.72. The Bertz CT molecular complexity index is 567. The number of amides is 1. The molecule has 1 amide bonds. The Morgan fingerprint density at radius 3 is 2.58 bits per heavy atom. The molecule has 0 fully saturated rings. The summed E-state index contributed by atoms with van der Waals surface area (Å²) in [6.45, 7) is 5.44. The zero-order valence-electron chi connectivity index (χ0n) is 11.4. The van der Waals surface area contributed by atoms with Crippen LogP contribution in [0.2, 0.25) is 0 Å². The van der Waals surface area contributed by atoms with Crippen molar-refractivity contribution >= 4 is 21.4 Å². The zero-order chi connectivity index (χ0) is 14.6. The van der Waals surface area contributed by atoms with Gasteiger partial charge in [-0.3, -0.25) is 4.79 Å². The second-order valence-electron chi connectivity index (χ2n) is 4.50. The van der Waals surface area contributed by atoms with Crippen LogP contribution in [-0.4, -0.2) is 26.1 Å². The highest BCUT2D eigenvalue weighted by Gasteiger charge is 2.30. The molecule has 0 aliphatic heterocycles. The summed E-state index contributed by atoms with van der Waals surface area (Å²) in [5, 5.41) is 1.49. The molecule has 0 saturated carbocycles. The molecule has 106 valence electrons. The van der Waals surface area contributed by atoms with E-state index >= 15 is 0 Å². The van der Waals surface area contributed by atoms with Crippen molar-refractivity contribution in [2.45, 2.75) is 37.3 Å². The number of nitrogen functional groups attached to an aromatic ring is 1. The minimum absolute atomic E-state index is 0.154. The number of hydrogen-bond donors (Lipinski definition) is 2. The predicted molar refractivity (Wildman–Crippen MR) is 75.5 cm³/mol. The van der Waals surface area contributed by atoms with E-state index in [1.165, 1.54) is 19.1 Å². The van der Waals surface area contributed by atoms with Crippen LogP contribution in [0.4, 0.5) is 5.69 Å². The molecular weight excluding hydrogens is 264 g/mol. The lowest BCUT2D eigenvalue weighted by Gasteiger charge is -2.15. The highest BCUT2D eigenvalue weighted by Crippen LogP contribution is 2.22. The first-order chi connectivity index (χ1) is 8.80. The molecule has 0 saturated heterocycles. The summed E-state index contributed by atoms with van der Waals surface area (Å²) in [6.07, 6.45) is 0.763. The molecule has 0 bridgehead atoms. The van der Waals surface area contributed by atoms with Gasteiger partial charge in [0.05, 0.1) is 4.90 Å². The molecule has 1 rings (SSSR count). The Morgan fingerprint density at radius 1 is 1.42 bits per heavy atom. The molecule has 3 N–H and O–H groups in total. The van der Waals surface area contributed by atoms with Crippen molar-refractivity contribution in [2.75, 3.05) is 12.3 Å². The van der Waals surface area contributed by atoms with E-state index in [9.17, 15) is 13.2 Å². The maximum Gasteiger partial charge on any atom is 0.238 e. The third kappa shape index (κ3) is 3.47. The van der Waals surface area contributed by atoms with E-state index in [2.05, 4.69) is 5.32 Å². The molecule has 0 aliphatic carbocycles. The Labute approximate surface area is 114 Å². The second kappa shape index (κ2) is 6.06. The normalized spacial score (nSPS) is 13.0. The van der Waals surface area contributed by atoms with Gasteiger partial charge in [-0.15, -0.1) is 0 Å². The van der Waals surface area contributed by atoms with Gasteiger partial charge in [0.25, 0.3) is 0 Å². The SMILES string of the molecule is CCCNC(=O)C(C)S(=O)(=O)c1ccc(N)cc1C. The smallest absolute Gasteiger partial charge is 0.238 e. The number of sulfone groups is 1. The van der Waals surface area contributed by atoms with Crippen molar-refractivity contribution in [1.82, 2.24) is 5.32 Å². The van der Waals surface area contributed by atoms with Crippen molar-refractivity contribution in [3.05, 3.63) is 23.8 Å². The van der Waals surface area contributed by atoms with E-state index in [0.717, 1.165) is 6.42 Å². The van der Waals surface area contributed by atoms with Crippen LogP contribution < -0.4 is 11.1 Å². The number of rotatable bonds is 5. The monoisotopic (exact) mass is 284 g/mol. The molecule has 5 nitrogen and oxygen atoms in total. The third-order valence-electron chi connectivity index (χ3n) is 2.89. The topological polar surface area (TPSA) is 89.3 Å². The number of nitrogens with two attached hydrogens (primary N) is 1. The van der Waals surface area contributed by atoms with Crippen molar-refractivity contribution in [3.63, 3.8) is 0 Å². The van der Waals surface area contributed by atoms with Crippen LogP contribution >= 0.6 is 0 Å². The van der Waals surface area contributed by atoms with Crippen LogP contribution in [0.15, 0.2) is 23.1 Å². The summed E-state index contributed by atoms with van der Waals surface area (Å²) in [4.78, 5) is 11.9. The zero-order valence-corrected chi connectivity index (χ0v) is 12.3. The number of hydrogen-bond acceptors (Lipinski definition) is 4. The Morgan fingerprint density at radius 2 is 2.05 bits per heavy atom. The lowest BCUT2D eigenvalue weighted by molar-refractivity contribution is -0.120. The standard InChI is InChI=1S/C13H20N2O3S/c1-4-7-15-13(16)10(3)19(17,18)12-6-5-11(14)8-9(12)2/h5-6,8,10H,4,7,14H2,1-3H3,(H,15,16).